The Bertz CT molecular complexity index is 535. The highest BCUT2D eigenvalue weighted by Gasteiger charge is 2.04. The molecule has 2 aromatic rings. The molecule has 0 atom stereocenters. The van der Waals surface area contributed by atoms with Crippen molar-refractivity contribution in [3.05, 3.63) is 59.4 Å². The van der Waals surface area contributed by atoms with E-state index in [9.17, 15) is 4.39 Å². The number of rotatable bonds is 5. The molecule has 3 N–H and O–H groups in total. The number of aryl methyl sites for hydroxylation is 1. The molecular formula is C16H19FN2. The van der Waals surface area contributed by atoms with Gasteiger partial charge in [0, 0.05) is 5.69 Å². The van der Waals surface area contributed by atoms with E-state index in [0.717, 1.165) is 17.7 Å². The minimum absolute atomic E-state index is 0.245. The summed E-state index contributed by atoms with van der Waals surface area (Å²) in [5, 5.41) is 3.09. The van der Waals surface area contributed by atoms with Crippen LogP contribution < -0.4 is 11.1 Å². The number of halogens is 1. The first-order valence-corrected chi connectivity index (χ1v) is 6.57. The summed E-state index contributed by atoms with van der Waals surface area (Å²) in [5.41, 5.74) is 9.03. The molecule has 19 heavy (non-hydrogen) atoms. The largest absolute Gasteiger partial charge is 0.353 e. The highest BCUT2D eigenvalue weighted by molar-refractivity contribution is 5.60. The van der Waals surface area contributed by atoms with Crippen molar-refractivity contribution in [3.8, 4) is 0 Å². The molecule has 2 nitrogen and oxygen atoms in total. The maximum Gasteiger partial charge on any atom is 0.146 e. The molecule has 0 amide bonds. The molecule has 0 aromatic heterocycles. The van der Waals surface area contributed by atoms with E-state index >= 15 is 0 Å². The van der Waals surface area contributed by atoms with Crippen LogP contribution in [0.25, 0.3) is 0 Å². The second kappa shape index (κ2) is 6.34. The molecular weight excluding hydrogens is 239 g/mol. The molecule has 2 aromatic carbocycles. The second-order valence-electron chi connectivity index (χ2n) is 4.53. The van der Waals surface area contributed by atoms with Crippen LogP contribution in [-0.4, -0.2) is 6.54 Å². The first kappa shape index (κ1) is 13.6. The van der Waals surface area contributed by atoms with Crippen molar-refractivity contribution in [2.75, 3.05) is 11.9 Å². The first-order valence-electron chi connectivity index (χ1n) is 6.57. The lowest BCUT2D eigenvalue weighted by Gasteiger charge is -2.09. The Labute approximate surface area is 113 Å². The first-order chi connectivity index (χ1) is 9.22. The van der Waals surface area contributed by atoms with Gasteiger partial charge in [0.2, 0.25) is 0 Å². The van der Waals surface area contributed by atoms with Crippen LogP contribution in [0.15, 0.2) is 42.5 Å². The van der Waals surface area contributed by atoms with E-state index < -0.39 is 0 Å². The number of hydrogen-bond acceptors (Lipinski definition) is 2. The Balaban J connectivity index is 2.13. The third kappa shape index (κ3) is 3.55. The van der Waals surface area contributed by atoms with Crippen LogP contribution in [-0.2, 0) is 12.8 Å². The standard InChI is InChI=1S/C16H19FN2/c1-2-12-3-6-14(7-4-12)19-16-8-5-13(9-10-18)11-15(16)17/h3-8,11,19H,2,9-10,18H2,1H3. The van der Waals surface area contributed by atoms with Gasteiger partial charge >= 0.3 is 0 Å². The van der Waals surface area contributed by atoms with E-state index in [0.29, 0.717) is 18.7 Å². The van der Waals surface area contributed by atoms with Crippen molar-refractivity contribution >= 4 is 11.4 Å². The number of nitrogens with two attached hydrogens (primary N) is 1. The van der Waals surface area contributed by atoms with Gasteiger partial charge in [-0.05, 0) is 54.8 Å². The van der Waals surface area contributed by atoms with Crippen molar-refractivity contribution < 1.29 is 4.39 Å². The Kier molecular flexibility index (Phi) is 4.53. The highest BCUT2D eigenvalue weighted by Crippen LogP contribution is 2.21. The molecule has 0 fully saturated rings. The Morgan fingerprint density at radius 3 is 2.32 bits per heavy atom. The highest BCUT2D eigenvalue weighted by atomic mass is 19.1. The van der Waals surface area contributed by atoms with Gasteiger partial charge < -0.3 is 11.1 Å². The molecule has 0 radical (unpaired) electrons. The Hall–Kier alpha value is -1.87. The molecule has 3 heteroatoms. The van der Waals surface area contributed by atoms with Gasteiger partial charge in [0.15, 0.2) is 0 Å². The second-order valence-corrected chi connectivity index (χ2v) is 4.53. The van der Waals surface area contributed by atoms with Gasteiger partial charge in [0.1, 0.15) is 5.82 Å². The fourth-order valence-corrected chi connectivity index (χ4v) is 1.96. The zero-order valence-electron chi connectivity index (χ0n) is 11.1. The van der Waals surface area contributed by atoms with E-state index in [1.165, 1.54) is 11.6 Å². The van der Waals surface area contributed by atoms with Gasteiger partial charge in [-0.2, -0.15) is 0 Å². The molecule has 2 rings (SSSR count). The average Bonchev–Trinajstić information content (AvgIpc) is 2.43. The normalized spacial score (nSPS) is 10.5. The molecule has 0 aliphatic rings. The maximum absolute atomic E-state index is 13.9. The molecule has 0 aliphatic carbocycles. The minimum atomic E-state index is -0.245. The molecule has 0 saturated heterocycles. The van der Waals surface area contributed by atoms with Gasteiger partial charge in [-0.25, -0.2) is 4.39 Å². The Morgan fingerprint density at radius 2 is 1.74 bits per heavy atom. The molecule has 0 saturated carbocycles. The lowest BCUT2D eigenvalue weighted by atomic mass is 10.1. The maximum atomic E-state index is 13.9. The van der Waals surface area contributed by atoms with Gasteiger partial charge in [-0.1, -0.05) is 25.1 Å². The van der Waals surface area contributed by atoms with Crippen molar-refractivity contribution in [2.24, 2.45) is 5.73 Å². The number of hydrogen-bond donors (Lipinski definition) is 2. The predicted octanol–water partition coefficient (Wildman–Crippen LogP) is 3.63. The van der Waals surface area contributed by atoms with Crippen LogP contribution in [0, 0.1) is 5.82 Å². The van der Waals surface area contributed by atoms with Crippen LogP contribution in [0.1, 0.15) is 18.1 Å². The van der Waals surface area contributed by atoms with Gasteiger partial charge in [-0.15, -0.1) is 0 Å². The van der Waals surface area contributed by atoms with Crippen LogP contribution in [0.4, 0.5) is 15.8 Å². The zero-order chi connectivity index (χ0) is 13.7. The van der Waals surface area contributed by atoms with Crippen LogP contribution in [0.2, 0.25) is 0 Å². The average molecular weight is 258 g/mol. The lowest BCUT2D eigenvalue weighted by molar-refractivity contribution is 0.629. The fourth-order valence-electron chi connectivity index (χ4n) is 1.96. The van der Waals surface area contributed by atoms with Gasteiger partial charge in [0.05, 0.1) is 5.69 Å². The third-order valence-electron chi connectivity index (χ3n) is 3.11. The quantitative estimate of drug-likeness (QED) is 0.859. The minimum Gasteiger partial charge on any atom is -0.353 e. The summed E-state index contributed by atoms with van der Waals surface area (Å²) < 4.78 is 13.9. The smallest absolute Gasteiger partial charge is 0.146 e. The summed E-state index contributed by atoms with van der Waals surface area (Å²) in [6.07, 6.45) is 1.70. The third-order valence-corrected chi connectivity index (χ3v) is 3.11. The monoisotopic (exact) mass is 258 g/mol. The summed E-state index contributed by atoms with van der Waals surface area (Å²) in [5.74, 6) is -0.245. The number of anilines is 2. The van der Waals surface area contributed by atoms with Crippen LogP contribution >= 0.6 is 0 Å². The van der Waals surface area contributed by atoms with E-state index in [1.54, 1.807) is 6.07 Å². The summed E-state index contributed by atoms with van der Waals surface area (Å²) >= 11 is 0. The summed E-state index contributed by atoms with van der Waals surface area (Å²) in [7, 11) is 0. The molecule has 0 heterocycles. The van der Waals surface area contributed by atoms with Crippen molar-refractivity contribution in [1.82, 2.24) is 0 Å². The SMILES string of the molecule is CCc1ccc(Nc2ccc(CCN)cc2F)cc1. The number of benzene rings is 2. The van der Waals surface area contributed by atoms with Crippen LogP contribution in [0.5, 0.6) is 0 Å². The Morgan fingerprint density at radius 1 is 1.05 bits per heavy atom. The van der Waals surface area contributed by atoms with E-state index in [1.807, 2.05) is 30.3 Å². The molecule has 100 valence electrons. The van der Waals surface area contributed by atoms with E-state index in [4.69, 9.17) is 5.73 Å². The van der Waals surface area contributed by atoms with Crippen molar-refractivity contribution in [3.63, 3.8) is 0 Å². The topological polar surface area (TPSA) is 38.0 Å². The number of nitrogens with one attached hydrogen (secondary N) is 1. The molecule has 0 spiro atoms. The van der Waals surface area contributed by atoms with E-state index in [2.05, 4.69) is 12.2 Å². The zero-order valence-corrected chi connectivity index (χ0v) is 11.1. The summed E-state index contributed by atoms with van der Waals surface area (Å²) in [6.45, 7) is 2.64. The van der Waals surface area contributed by atoms with Crippen molar-refractivity contribution in [2.45, 2.75) is 19.8 Å². The van der Waals surface area contributed by atoms with E-state index in [-0.39, 0.29) is 5.82 Å². The summed E-state index contributed by atoms with van der Waals surface area (Å²) in [6, 6.07) is 13.2. The predicted molar refractivity (Wildman–Crippen MR) is 78.3 cm³/mol. The molecule has 0 unspecified atom stereocenters. The summed E-state index contributed by atoms with van der Waals surface area (Å²) in [4.78, 5) is 0. The molecule has 0 aliphatic heterocycles. The fraction of sp³-hybridized carbons (Fsp3) is 0.250. The van der Waals surface area contributed by atoms with Gasteiger partial charge in [-0.3, -0.25) is 0 Å². The lowest BCUT2D eigenvalue weighted by Crippen LogP contribution is -2.03. The van der Waals surface area contributed by atoms with Crippen molar-refractivity contribution in [1.29, 1.82) is 0 Å². The van der Waals surface area contributed by atoms with Gasteiger partial charge in [0.25, 0.3) is 0 Å². The van der Waals surface area contributed by atoms with Crippen LogP contribution in [0.3, 0.4) is 0 Å². The molecule has 0 bridgehead atoms.